The largest absolute Gasteiger partial charge is 0.382 e. The van der Waals surface area contributed by atoms with Crippen molar-refractivity contribution >= 4 is 34.1 Å². The van der Waals surface area contributed by atoms with Crippen molar-refractivity contribution < 1.29 is 19.1 Å². The van der Waals surface area contributed by atoms with Gasteiger partial charge >= 0.3 is 0 Å². The van der Waals surface area contributed by atoms with E-state index in [4.69, 9.17) is 14.5 Å². The van der Waals surface area contributed by atoms with E-state index in [9.17, 15) is 9.59 Å². The third kappa shape index (κ3) is 6.48. The Kier molecular flexibility index (Phi) is 8.02. The van der Waals surface area contributed by atoms with Crippen LogP contribution in [-0.2, 0) is 19.8 Å². The highest BCUT2D eigenvalue weighted by Crippen LogP contribution is 2.26. The first-order valence-corrected chi connectivity index (χ1v) is 12.7. The van der Waals surface area contributed by atoms with Gasteiger partial charge in [0.15, 0.2) is 5.13 Å². The third-order valence-corrected chi connectivity index (χ3v) is 6.46. The van der Waals surface area contributed by atoms with Crippen molar-refractivity contribution in [2.45, 2.75) is 32.4 Å². The van der Waals surface area contributed by atoms with Crippen molar-refractivity contribution in [1.29, 1.82) is 0 Å². The Morgan fingerprint density at radius 2 is 2.06 bits per heavy atom. The molecule has 0 radical (unpaired) electrons. The first-order valence-electron chi connectivity index (χ1n) is 11.8. The molecule has 2 N–H and O–H groups in total. The number of nitrogens with zero attached hydrogens (tertiary/aromatic N) is 4. The van der Waals surface area contributed by atoms with E-state index in [1.165, 1.54) is 11.3 Å². The van der Waals surface area contributed by atoms with Crippen LogP contribution in [0.3, 0.4) is 0 Å². The lowest BCUT2D eigenvalue weighted by Gasteiger charge is -2.33. The maximum atomic E-state index is 12.4. The van der Waals surface area contributed by atoms with Crippen LogP contribution in [0.1, 0.15) is 31.1 Å². The molecule has 0 spiro atoms. The van der Waals surface area contributed by atoms with Gasteiger partial charge in [0, 0.05) is 43.5 Å². The van der Waals surface area contributed by atoms with Crippen LogP contribution in [0.25, 0.3) is 11.4 Å². The molecule has 0 saturated carbocycles. The quantitative estimate of drug-likeness (QED) is 0.477. The molecule has 11 heteroatoms. The van der Waals surface area contributed by atoms with Crippen LogP contribution in [0.4, 0.5) is 10.9 Å². The van der Waals surface area contributed by atoms with E-state index in [1.54, 1.807) is 19.4 Å². The van der Waals surface area contributed by atoms with Gasteiger partial charge in [-0.15, -0.1) is 11.3 Å². The highest BCUT2D eigenvalue weighted by Gasteiger charge is 2.22. The topological polar surface area (TPSA) is 111 Å². The van der Waals surface area contributed by atoms with Crippen LogP contribution in [0.5, 0.6) is 0 Å². The number of rotatable bonds is 8. The van der Waals surface area contributed by atoms with E-state index in [2.05, 4.69) is 41.3 Å². The fourth-order valence-corrected chi connectivity index (χ4v) is 4.50. The number of carbonyl (C=O) groups is 2. The Balaban J connectivity index is 1.33. The van der Waals surface area contributed by atoms with E-state index in [1.807, 2.05) is 34.3 Å². The highest BCUT2D eigenvalue weighted by atomic mass is 32.1. The van der Waals surface area contributed by atoms with Gasteiger partial charge in [0.1, 0.15) is 11.5 Å². The summed E-state index contributed by atoms with van der Waals surface area (Å²) in [4.78, 5) is 36.3. The van der Waals surface area contributed by atoms with Gasteiger partial charge < -0.3 is 29.6 Å². The van der Waals surface area contributed by atoms with Gasteiger partial charge in [-0.3, -0.25) is 9.59 Å². The Bertz CT molecular complexity index is 1200. The summed E-state index contributed by atoms with van der Waals surface area (Å²) in [6.07, 6.45) is 3.64. The van der Waals surface area contributed by atoms with E-state index < -0.39 is 0 Å². The lowest BCUT2D eigenvalue weighted by atomic mass is 10.1. The standard InChI is InChI=1S/C25H32N6O4S/c1-25(2,3)31-9-8-17(13-31)23(33)26-12-22(32)29-24-28-20(16-36-24)19-6-5-7-21(27-19)30-10-11-35-18(14-30)15-34-4/h5-9,13,16,18H,10-12,14-15H2,1-4H3,(H,26,33)(H,28,29,32). The molecule has 2 amide bonds. The number of pyridine rings is 1. The summed E-state index contributed by atoms with van der Waals surface area (Å²) in [6, 6.07) is 7.53. The zero-order chi connectivity index (χ0) is 25.7. The molecule has 0 aliphatic carbocycles. The van der Waals surface area contributed by atoms with Gasteiger partial charge in [-0.25, -0.2) is 9.97 Å². The second-order valence-electron chi connectivity index (χ2n) is 9.52. The van der Waals surface area contributed by atoms with Crippen LogP contribution in [0, 0.1) is 0 Å². The molecular formula is C25H32N6O4S. The highest BCUT2D eigenvalue weighted by molar-refractivity contribution is 7.14. The molecule has 4 rings (SSSR count). The molecular weight excluding hydrogens is 480 g/mol. The van der Waals surface area contributed by atoms with Gasteiger partial charge in [0.25, 0.3) is 5.91 Å². The first kappa shape index (κ1) is 25.8. The molecule has 0 bridgehead atoms. The Morgan fingerprint density at radius 1 is 1.22 bits per heavy atom. The molecule has 192 valence electrons. The first-order chi connectivity index (χ1) is 17.2. The Labute approximate surface area is 214 Å². The molecule has 1 fully saturated rings. The second-order valence-corrected chi connectivity index (χ2v) is 10.4. The number of hydrogen-bond acceptors (Lipinski definition) is 8. The van der Waals surface area contributed by atoms with Crippen molar-refractivity contribution in [2.24, 2.45) is 0 Å². The lowest BCUT2D eigenvalue weighted by molar-refractivity contribution is -0.115. The summed E-state index contributed by atoms with van der Waals surface area (Å²) in [5.74, 6) is 0.196. The minimum atomic E-state index is -0.348. The number of nitrogens with one attached hydrogen (secondary N) is 2. The van der Waals surface area contributed by atoms with Crippen LogP contribution in [0.15, 0.2) is 42.0 Å². The Hall–Kier alpha value is -3.28. The fourth-order valence-electron chi connectivity index (χ4n) is 3.78. The average molecular weight is 513 g/mol. The summed E-state index contributed by atoms with van der Waals surface area (Å²) >= 11 is 1.31. The van der Waals surface area contributed by atoms with Gasteiger partial charge in [-0.2, -0.15) is 0 Å². The lowest BCUT2D eigenvalue weighted by Crippen LogP contribution is -2.44. The van der Waals surface area contributed by atoms with Crippen LogP contribution in [-0.4, -0.2) is 72.4 Å². The maximum absolute atomic E-state index is 12.4. The molecule has 1 aliphatic rings. The van der Waals surface area contributed by atoms with Crippen molar-refractivity contribution in [3.05, 3.63) is 47.6 Å². The second kappa shape index (κ2) is 11.2. The summed E-state index contributed by atoms with van der Waals surface area (Å²) in [6.45, 7) is 8.62. The number of methoxy groups -OCH3 is 1. The Morgan fingerprint density at radius 3 is 2.81 bits per heavy atom. The number of aromatic nitrogens is 3. The predicted molar refractivity (Wildman–Crippen MR) is 140 cm³/mol. The molecule has 1 aliphatic heterocycles. The number of amides is 2. The van der Waals surface area contributed by atoms with Gasteiger partial charge in [-0.05, 0) is 39.0 Å². The normalized spacial score (nSPS) is 16.1. The molecule has 10 nitrogen and oxygen atoms in total. The smallest absolute Gasteiger partial charge is 0.253 e. The molecule has 0 aromatic carbocycles. The average Bonchev–Trinajstić information content (AvgIpc) is 3.53. The van der Waals surface area contributed by atoms with E-state index in [0.717, 1.165) is 18.1 Å². The number of thiazole rings is 1. The molecule has 3 aromatic rings. The number of anilines is 2. The monoisotopic (exact) mass is 512 g/mol. The molecule has 3 aromatic heterocycles. The van der Waals surface area contributed by atoms with Crippen LogP contribution < -0.4 is 15.5 Å². The van der Waals surface area contributed by atoms with Crippen molar-refractivity contribution in [1.82, 2.24) is 19.9 Å². The zero-order valence-corrected chi connectivity index (χ0v) is 21.8. The number of carbonyl (C=O) groups excluding carboxylic acids is 2. The van der Waals surface area contributed by atoms with Crippen molar-refractivity contribution in [2.75, 3.05) is 50.2 Å². The fraction of sp³-hybridized carbons (Fsp3) is 0.440. The summed E-state index contributed by atoms with van der Waals surface area (Å²) in [5, 5.41) is 7.70. The molecule has 4 heterocycles. The predicted octanol–water partition coefficient (Wildman–Crippen LogP) is 2.98. The van der Waals surface area contributed by atoms with E-state index in [0.29, 0.717) is 36.1 Å². The van der Waals surface area contributed by atoms with Gasteiger partial charge in [0.05, 0.1) is 37.1 Å². The SMILES string of the molecule is COCC1CN(c2cccc(-c3csc(NC(=O)CNC(=O)c4ccn(C(C)(C)C)c4)n3)n2)CCO1. The summed E-state index contributed by atoms with van der Waals surface area (Å²) in [5.41, 5.74) is 1.78. The summed E-state index contributed by atoms with van der Waals surface area (Å²) < 4.78 is 12.9. The molecule has 1 unspecified atom stereocenters. The zero-order valence-electron chi connectivity index (χ0n) is 21.0. The van der Waals surface area contributed by atoms with E-state index in [-0.39, 0.29) is 30.0 Å². The molecule has 1 atom stereocenters. The minimum absolute atomic E-state index is 0.00851. The van der Waals surface area contributed by atoms with Crippen molar-refractivity contribution in [3.8, 4) is 11.4 Å². The summed E-state index contributed by atoms with van der Waals surface area (Å²) in [7, 11) is 1.67. The van der Waals surface area contributed by atoms with Crippen LogP contribution in [0.2, 0.25) is 0 Å². The molecule has 1 saturated heterocycles. The number of ether oxygens (including phenoxy) is 2. The van der Waals surface area contributed by atoms with Crippen molar-refractivity contribution in [3.63, 3.8) is 0 Å². The maximum Gasteiger partial charge on any atom is 0.253 e. The van der Waals surface area contributed by atoms with Gasteiger partial charge in [-0.1, -0.05) is 6.07 Å². The van der Waals surface area contributed by atoms with E-state index >= 15 is 0 Å². The third-order valence-electron chi connectivity index (χ3n) is 5.70. The van der Waals surface area contributed by atoms with Gasteiger partial charge in [0.2, 0.25) is 5.91 Å². The van der Waals surface area contributed by atoms with Crippen LogP contribution >= 0.6 is 11.3 Å². The number of morpholine rings is 1. The molecule has 36 heavy (non-hydrogen) atoms. The minimum Gasteiger partial charge on any atom is -0.382 e. The number of hydrogen-bond donors (Lipinski definition) is 2.